The van der Waals surface area contributed by atoms with E-state index in [0.29, 0.717) is 0 Å². The van der Waals surface area contributed by atoms with Gasteiger partial charge >= 0.3 is 0 Å². The molecule has 1 aliphatic carbocycles. The van der Waals surface area contributed by atoms with Gasteiger partial charge in [0.1, 0.15) is 0 Å². The average molecular weight is 797 g/mol. The Balaban J connectivity index is 1.19. The molecule has 2 aliphatic rings. The zero-order chi connectivity index (χ0) is 42.2. The first-order valence-corrected chi connectivity index (χ1v) is 22.0. The highest BCUT2D eigenvalue weighted by Gasteiger charge is 2.37. The Morgan fingerprint density at radius 2 is 1.16 bits per heavy atom. The predicted octanol–water partition coefficient (Wildman–Crippen LogP) is 14.4. The molecule has 0 bridgehead atoms. The molecule has 9 aromatic rings. The Bertz CT molecular complexity index is 3180. The highest BCUT2D eigenvalue weighted by molar-refractivity contribution is 6.73. The van der Waals surface area contributed by atoms with Crippen molar-refractivity contribution in [2.75, 3.05) is 10.2 Å². The SMILES string of the molecule is CC(C)(C)c1ccc(Nc2cc3c(cc2-c2c4c(cc5ccccc25)N(c2cccc(-c5ccccc5)c2)c2cc(-c5ccccc5)ccc2B4)-c2ccccc2C3(C)C)cc1. The Labute approximate surface area is 366 Å². The molecule has 1 aliphatic heterocycles. The summed E-state index contributed by atoms with van der Waals surface area (Å²) in [4.78, 5) is 2.53. The molecule has 0 fully saturated rings. The third kappa shape index (κ3) is 6.34. The monoisotopic (exact) mass is 796 g/mol. The lowest BCUT2D eigenvalue weighted by atomic mass is 9.57. The fourth-order valence-corrected chi connectivity index (χ4v) is 10.1. The number of nitrogens with zero attached hydrogens (tertiary/aromatic N) is 1. The van der Waals surface area contributed by atoms with Crippen molar-refractivity contribution < 1.29 is 0 Å². The zero-order valence-corrected chi connectivity index (χ0v) is 36.1. The number of nitrogens with one attached hydrogen (secondary N) is 1. The van der Waals surface area contributed by atoms with Gasteiger partial charge in [0.15, 0.2) is 7.28 Å². The van der Waals surface area contributed by atoms with E-state index >= 15 is 0 Å². The maximum Gasteiger partial charge on any atom is 0.198 e. The number of anilines is 5. The number of hydrogen-bond donors (Lipinski definition) is 1. The van der Waals surface area contributed by atoms with Gasteiger partial charge in [-0.15, -0.1) is 0 Å². The molecule has 3 heteroatoms. The van der Waals surface area contributed by atoms with Crippen LogP contribution in [0.15, 0.2) is 194 Å². The minimum atomic E-state index is -0.148. The van der Waals surface area contributed by atoms with Crippen LogP contribution in [0.5, 0.6) is 0 Å². The van der Waals surface area contributed by atoms with Crippen molar-refractivity contribution in [2.24, 2.45) is 0 Å². The third-order valence-electron chi connectivity index (χ3n) is 13.4. The molecule has 1 heterocycles. The predicted molar refractivity (Wildman–Crippen MR) is 267 cm³/mol. The van der Waals surface area contributed by atoms with E-state index in [0.717, 1.165) is 24.3 Å². The van der Waals surface area contributed by atoms with Gasteiger partial charge in [0.2, 0.25) is 0 Å². The summed E-state index contributed by atoms with van der Waals surface area (Å²) in [5.41, 5.74) is 22.3. The summed E-state index contributed by atoms with van der Waals surface area (Å²) in [5.74, 6) is 0. The van der Waals surface area contributed by atoms with Gasteiger partial charge in [0.25, 0.3) is 0 Å². The molecule has 298 valence electrons. The topological polar surface area (TPSA) is 15.3 Å². The van der Waals surface area contributed by atoms with E-state index in [-0.39, 0.29) is 10.8 Å². The van der Waals surface area contributed by atoms with Crippen molar-refractivity contribution in [2.45, 2.75) is 45.4 Å². The van der Waals surface area contributed by atoms with Crippen molar-refractivity contribution in [1.29, 1.82) is 0 Å². The molecule has 11 rings (SSSR count). The minimum Gasteiger partial charge on any atom is -0.355 e. The summed E-state index contributed by atoms with van der Waals surface area (Å²) in [6.45, 7) is 11.6. The number of hydrogen-bond acceptors (Lipinski definition) is 2. The Morgan fingerprint density at radius 1 is 0.500 bits per heavy atom. The summed E-state index contributed by atoms with van der Waals surface area (Å²) < 4.78 is 0. The van der Waals surface area contributed by atoms with Crippen LogP contribution in [0.1, 0.15) is 51.3 Å². The molecule has 0 saturated heterocycles. The normalized spacial score (nSPS) is 13.5. The first-order valence-electron chi connectivity index (χ1n) is 22.0. The lowest BCUT2D eigenvalue weighted by Gasteiger charge is -2.36. The summed E-state index contributed by atoms with van der Waals surface area (Å²) in [7, 11) is 0.799. The Kier molecular flexibility index (Phi) is 8.87. The van der Waals surface area contributed by atoms with E-state index in [1.165, 1.54) is 94.3 Å². The molecule has 1 N–H and O–H groups in total. The molecule has 0 saturated carbocycles. The molecular formula is C59H49BN2. The average Bonchev–Trinajstić information content (AvgIpc) is 3.52. The third-order valence-corrected chi connectivity index (χ3v) is 13.4. The van der Waals surface area contributed by atoms with Crippen LogP contribution in [0, 0.1) is 0 Å². The van der Waals surface area contributed by atoms with Gasteiger partial charge in [0, 0.05) is 39.4 Å². The summed E-state index contributed by atoms with van der Waals surface area (Å²) in [6, 6.07) is 72.1. The van der Waals surface area contributed by atoms with Crippen molar-refractivity contribution in [3.8, 4) is 44.5 Å². The van der Waals surface area contributed by atoms with E-state index in [1.807, 2.05) is 0 Å². The second-order valence-electron chi connectivity index (χ2n) is 18.7. The molecule has 0 unspecified atom stereocenters. The molecular weight excluding hydrogens is 747 g/mol. The molecule has 0 amide bonds. The van der Waals surface area contributed by atoms with Gasteiger partial charge in [-0.3, -0.25) is 0 Å². The maximum absolute atomic E-state index is 4.02. The van der Waals surface area contributed by atoms with Crippen molar-refractivity contribution in [3.05, 3.63) is 211 Å². The fraction of sp³-hybridized carbons (Fsp3) is 0.119. The smallest absolute Gasteiger partial charge is 0.198 e. The fourth-order valence-electron chi connectivity index (χ4n) is 10.1. The molecule has 0 aromatic heterocycles. The standard InChI is InChI=1S/C59H49BN2/c1-58(2,3)43-28-30-44(31-29-43)61-53-37-51-48(47-25-14-15-26-50(47)59(51,4)5)36-49(53)56-46-24-13-12-21-42(46)35-55-57(56)60-52-32-27-41(39-19-10-7-11-20-39)34-54(52)62(55)45-23-16-22-40(33-45)38-17-8-6-9-18-38/h6-37,60-61H,1-5H3. The first-order chi connectivity index (χ1) is 30.1. The Hall–Kier alpha value is -7.10. The lowest BCUT2D eigenvalue weighted by molar-refractivity contribution is 0.590. The van der Waals surface area contributed by atoms with Crippen molar-refractivity contribution in [3.63, 3.8) is 0 Å². The van der Waals surface area contributed by atoms with E-state index in [2.05, 4.69) is 239 Å². The van der Waals surface area contributed by atoms with Crippen LogP contribution in [-0.2, 0) is 10.8 Å². The molecule has 62 heavy (non-hydrogen) atoms. The van der Waals surface area contributed by atoms with Crippen LogP contribution in [-0.4, -0.2) is 7.28 Å². The van der Waals surface area contributed by atoms with Crippen LogP contribution < -0.4 is 21.1 Å². The first kappa shape index (κ1) is 37.9. The van der Waals surface area contributed by atoms with Crippen LogP contribution in [0.2, 0.25) is 0 Å². The van der Waals surface area contributed by atoms with Gasteiger partial charge in [-0.2, -0.15) is 0 Å². The molecule has 2 nitrogen and oxygen atoms in total. The number of benzene rings is 9. The summed E-state index contributed by atoms with van der Waals surface area (Å²) >= 11 is 0. The van der Waals surface area contributed by atoms with Crippen LogP contribution in [0.4, 0.5) is 28.4 Å². The van der Waals surface area contributed by atoms with Gasteiger partial charge < -0.3 is 10.2 Å². The van der Waals surface area contributed by atoms with Crippen LogP contribution >= 0.6 is 0 Å². The second-order valence-corrected chi connectivity index (χ2v) is 18.7. The van der Waals surface area contributed by atoms with Crippen molar-refractivity contribution in [1.82, 2.24) is 0 Å². The molecule has 0 spiro atoms. The van der Waals surface area contributed by atoms with E-state index < -0.39 is 0 Å². The van der Waals surface area contributed by atoms with Crippen molar-refractivity contribution >= 4 is 57.4 Å². The highest BCUT2D eigenvalue weighted by Crippen LogP contribution is 2.53. The van der Waals surface area contributed by atoms with Gasteiger partial charge in [-0.1, -0.05) is 186 Å². The summed E-state index contributed by atoms with van der Waals surface area (Å²) in [6.07, 6.45) is 0. The second kappa shape index (κ2) is 14.5. The zero-order valence-electron chi connectivity index (χ0n) is 36.1. The maximum atomic E-state index is 4.02. The van der Waals surface area contributed by atoms with Crippen LogP contribution in [0.25, 0.3) is 55.3 Å². The molecule has 0 radical (unpaired) electrons. The Morgan fingerprint density at radius 3 is 1.90 bits per heavy atom. The minimum absolute atomic E-state index is 0.0692. The van der Waals surface area contributed by atoms with Gasteiger partial charge in [-0.05, 0) is 126 Å². The van der Waals surface area contributed by atoms with E-state index in [1.54, 1.807) is 0 Å². The molecule has 0 atom stereocenters. The van der Waals surface area contributed by atoms with E-state index in [9.17, 15) is 0 Å². The van der Waals surface area contributed by atoms with E-state index in [4.69, 9.17) is 0 Å². The lowest BCUT2D eigenvalue weighted by Crippen LogP contribution is -2.41. The highest BCUT2D eigenvalue weighted by atomic mass is 15.1. The van der Waals surface area contributed by atoms with Gasteiger partial charge in [-0.25, -0.2) is 0 Å². The number of rotatable bonds is 6. The molecule has 9 aromatic carbocycles. The summed E-state index contributed by atoms with van der Waals surface area (Å²) in [5, 5.41) is 6.49. The number of fused-ring (bicyclic) bond motifs is 6. The van der Waals surface area contributed by atoms with Gasteiger partial charge in [0.05, 0.1) is 0 Å². The van der Waals surface area contributed by atoms with Crippen LogP contribution in [0.3, 0.4) is 0 Å². The largest absolute Gasteiger partial charge is 0.355 e. The quantitative estimate of drug-likeness (QED) is 0.169.